The van der Waals surface area contributed by atoms with Crippen LogP contribution in [0.3, 0.4) is 0 Å². The molecular weight excluding hydrogens is 152 g/mol. The van der Waals surface area contributed by atoms with Crippen LogP contribution in [0.1, 0.15) is 40.5 Å². The molecule has 2 heteroatoms. The second kappa shape index (κ2) is 4.96. The topological polar surface area (TPSA) is 26.3 Å². The summed E-state index contributed by atoms with van der Waals surface area (Å²) in [6.07, 6.45) is 4.98. The van der Waals surface area contributed by atoms with E-state index in [1.54, 1.807) is 6.08 Å². The third-order valence-corrected chi connectivity index (χ3v) is 1.72. The molecule has 0 bridgehead atoms. The summed E-state index contributed by atoms with van der Waals surface area (Å²) in [6.45, 7) is 7.79. The quantitative estimate of drug-likeness (QED) is 0.479. The Kier molecular flexibility index (Phi) is 4.64. The molecule has 0 amide bonds. The van der Waals surface area contributed by atoms with E-state index in [4.69, 9.17) is 4.74 Å². The maximum atomic E-state index is 11.1. The predicted octanol–water partition coefficient (Wildman–Crippen LogP) is 2.68. The molecule has 0 unspecified atom stereocenters. The molecule has 70 valence electrons. The van der Waals surface area contributed by atoms with Crippen molar-refractivity contribution in [2.75, 3.05) is 0 Å². The zero-order valence-electron chi connectivity index (χ0n) is 8.39. The molecule has 0 N–H and O–H groups in total. The number of rotatable bonds is 4. The van der Waals surface area contributed by atoms with Crippen LogP contribution in [0.15, 0.2) is 12.2 Å². The fraction of sp³-hybridized carbons (Fsp3) is 0.700. The lowest BCUT2D eigenvalue weighted by Crippen LogP contribution is -2.25. The molecule has 0 saturated carbocycles. The van der Waals surface area contributed by atoms with E-state index in [9.17, 15) is 4.79 Å². The van der Waals surface area contributed by atoms with Crippen LogP contribution in [-0.2, 0) is 9.53 Å². The van der Waals surface area contributed by atoms with E-state index in [0.717, 1.165) is 12.8 Å². The highest BCUT2D eigenvalue weighted by Crippen LogP contribution is 2.13. The largest absolute Gasteiger partial charge is 0.457 e. The normalized spacial score (nSPS) is 12.0. The van der Waals surface area contributed by atoms with Crippen LogP contribution < -0.4 is 0 Å². The lowest BCUT2D eigenvalue weighted by molar-refractivity contribution is -0.150. The summed E-state index contributed by atoms with van der Waals surface area (Å²) in [5, 5.41) is 0. The summed E-state index contributed by atoms with van der Waals surface area (Å²) in [6, 6.07) is 0. The first-order valence-electron chi connectivity index (χ1n) is 4.41. The number of hydrogen-bond acceptors (Lipinski definition) is 2. The van der Waals surface area contributed by atoms with Gasteiger partial charge in [0.05, 0.1) is 0 Å². The lowest BCUT2D eigenvalue weighted by atomic mass is 10.1. The molecule has 0 aromatic heterocycles. The van der Waals surface area contributed by atoms with Crippen molar-refractivity contribution in [2.45, 2.75) is 46.1 Å². The minimum absolute atomic E-state index is 0.247. The number of ether oxygens (including phenoxy) is 1. The van der Waals surface area contributed by atoms with Crippen molar-refractivity contribution < 1.29 is 9.53 Å². The summed E-state index contributed by atoms with van der Waals surface area (Å²) in [4.78, 5) is 11.1. The molecule has 0 radical (unpaired) electrons. The second-order valence-electron chi connectivity index (χ2n) is 3.34. The molecule has 0 fully saturated rings. The van der Waals surface area contributed by atoms with Gasteiger partial charge in [-0.05, 0) is 26.7 Å². The van der Waals surface area contributed by atoms with Crippen molar-refractivity contribution in [1.82, 2.24) is 0 Å². The molecule has 0 heterocycles. The molecule has 0 aliphatic carbocycles. The second-order valence-corrected chi connectivity index (χ2v) is 3.34. The molecule has 0 aromatic carbocycles. The fourth-order valence-corrected chi connectivity index (χ4v) is 0.593. The predicted molar refractivity (Wildman–Crippen MR) is 49.9 cm³/mol. The third kappa shape index (κ3) is 4.94. The summed E-state index contributed by atoms with van der Waals surface area (Å²) in [5.74, 6) is -0.247. The van der Waals surface area contributed by atoms with Crippen molar-refractivity contribution in [1.29, 1.82) is 0 Å². The summed E-state index contributed by atoms with van der Waals surface area (Å²) in [7, 11) is 0. The molecule has 0 aromatic rings. The Hall–Kier alpha value is -0.790. The van der Waals surface area contributed by atoms with Gasteiger partial charge >= 0.3 is 5.97 Å². The Labute approximate surface area is 74.6 Å². The molecule has 0 rings (SSSR count). The van der Waals surface area contributed by atoms with Crippen LogP contribution in [0, 0.1) is 0 Å². The van der Waals surface area contributed by atoms with Gasteiger partial charge in [0.1, 0.15) is 5.60 Å². The van der Waals surface area contributed by atoms with Gasteiger partial charge in [-0.25, -0.2) is 4.79 Å². The van der Waals surface area contributed by atoms with Gasteiger partial charge in [0.25, 0.3) is 0 Å². The first-order chi connectivity index (χ1) is 5.52. The third-order valence-electron chi connectivity index (χ3n) is 1.72. The van der Waals surface area contributed by atoms with Gasteiger partial charge in [-0.2, -0.15) is 0 Å². The van der Waals surface area contributed by atoms with Gasteiger partial charge in [-0.3, -0.25) is 0 Å². The van der Waals surface area contributed by atoms with Crippen LogP contribution in [0.5, 0.6) is 0 Å². The van der Waals surface area contributed by atoms with Crippen molar-refractivity contribution in [3.63, 3.8) is 0 Å². The number of hydrogen-bond donors (Lipinski definition) is 0. The van der Waals surface area contributed by atoms with Crippen molar-refractivity contribution in [2.24, 2.45) is 0 Å². The Morgan fingerprint density at radius 3 is 2.42 bits per heavy atom. The Morgan fingerprint density at radius 2 is 2.00 bits per heavy atom. The van der Waals surface area contributed by atoms with E-state index in [2.05, 4.69) is 0 Å². The number of carbonyl (C=O) groups is 1. The van der Waals surface area contributed by atoms with Crippen molar-refractivity contribution >= 4 is 5.97 Å². The molecule has 0 spiro atoms. The van der Waals surface area contributed by atoms with E-state index < -0.39 is 0 Å². The minimum atomic E-state index is -0.338. The van der Waals surface area contributed by atoms with E-state index in [1.165, 1.54) is 6.08 Å². The highest BCUT2D eigenvalue weighted by atomic mass is 16.6. The van der Waals surface area contributed by atoms with Gasteiger partial charge < -0.3 is 4.74 Å². The van der Waals surface area contributed by atoms with Gasteiger partial charge in [-0.15, -0.1) is 0 Å². The molecular formula is C10H18O2. The highest BCUT2D eigenvalue weighted by molar-refractivity contribution is 5.82. The van der Waals surface area contributed by atoms with Crippen LogP contribution in [-0.4, -0.2) is 11.6 Å². The van der Waals surface area contributed by atoms with Crippen LogP contribution >= 0.6 is 0 Å². The summed E-state index contributed by atoms with van der Waals surface area (Å²) >= 11 is 0. The SMILES string of the molecule is CCC=CC(=O)OC(C)(C)CC. The van der Waals surface area contributed by atoms with Crippen LogP contribution in [0.25, 0.3) is 0 Å². The average Bonchev–Trinajstić information content (AvgIpc) is 2.00. The van der Waals surface area contributed by atoms with Crippen LogP contribution in [0.2, 0.25) is 0 Å². The van der Waals surface area contributed by atoms with E-state index in [0.29, 0.717) is 0 Å². The van der Waals surface area contributed by atoms with Gasteiger partial charge in [0.2, 0.25) is 0 Å². The Bertz CT molecular complexity index is 169. The molecule has 12 heavy (non-hydrogen) atoms. The van der Waals surface area contributed by atoms with Crippen LogP contribution in [0.4, 0.5) is 0 Å². The van der Waals surface area contributed by atoms with E-state index in [1.807, 2.05) is 27.7 Å². The molecule has 0 saturated heterocycles. The standard InChI is InChI=1S/C10H18O2/c1-5-7-8-9(11)12-10(3,4)6-2/h7-8H,5-6H2,1-4H3. The van der Waals surface area contributed by atoms with E-state index >= 15 is 0 Å². The molecule has 2 nitrogen and oxygen atoms in total. The highest BCUT2D eigenvalue weighted by Gasteiger charge is 2.18. The van der Waals surface area contributed by atoms with Gasteiger partial charge in [0, 0.05) is 6.08 Å². The molecule has 0 aliphatic heterocycles. The van der Waals surface area contributed by atoms with Gasteiger partial charge in [-0.1, -0.05) is 19.9 Å². The maximum absolute atomic E-state index is 11.1. The Morgan fingerprint density at radius 1 is 1.42 bits per heavy atom. The first-order valence-corrected chi connectivity index (χ1v) is 4.41. The minimum Gasteiger partial charge on any atom is -0.457 e. The first kappa shape index (κ1) is 11.2. The monoisotopic (exact) mass is 170 g/mol. The smallest absolute Gasteiger partial charge is 0.330 e. The summed E-state index contributed by atoms with van der Waals surface area (Å²) < 4.78 is 5.16. The maximum Gasteiger partial charge on any atom is 0.330 e. The number of allylic oxidation sites excluding steroid dienone is 1. The zero-order valence-corrected chi connectivity index (χ0v) is 8.39. The number of carbonyl (C=O) groups excluding carboxylic acids is 1. The fourth-order valence-electron chi connectivity index (χ4n) is 0.593. The summed E-state index contributed by atoms with van der Waals surface area (Å²) in [5.41, 5.74) is -0.338. The lowest BCUT2D eigenvalue weighted by Gasteiger charge is -2.22. The number of esters is 1. The zero-order chi connectivity index (χ0) is 9.61. The average molecular weight is 170 g/mol. The van der Waals surface area contributed by atoms with E-state index in [-0.39, 0.29) is 11.6 Å². The Balaban J connectivity index is 3.92. The van der Waals surface area contributed by atoms with Gasteiger partial charge in [0.15, 0.2) is 0 Å². The van der Waals surface area contributed by atoms with Crippen molar-refractivity contribution in [3.8, 4) is 0 Å². The molecule has 0 atom stereocenters. The van der Waals surface area contributed by atoms with Crippen molar-refractivity contribution in [3.05, 3.63) is 12.2 Å². The molecule has 0 aliphatic rings.